The van der Waals surface area contributed by atoms with E-state index in [1.165, 1.54) is 11.1 Å². The zero-order chi connectivity index (χ0) is 17.1. The topological polar surface area (TPSA) is 29.5 Å². The van der Waals surface area contributed by atoms with Gasteiger partial charge in [0.1, 0.15) is 6.61 Å². The minimum Gasteiger partial charge on any atom is -0.367 e. The molecule has 0 radical (unpaired) electrons. The maximum Gasteiger partial charge on any atom is 0.249 e. The number of aryl methyl sites for hydroxylation is 1. The second-order valence-corrected chi connectivity index (χ2v) is 7.12. The third-order valence-electron chi connectivity index (χ3n) is 5.24. The first kappa shape index (κ1) is 16.3. The zero-order valence-corrected chi connectivity index (χ0v) is 14.6. The second kappa shape index (κ2) is 7.40. The lowest BCUT2D eigenvalue weighted by atomic mass is 9.86. The van der Waals surface area contributed by atoms with Gasteiger partial charge in [0.25, 0.3) is 0 Å². The fourth-order valence-electron chi connectivity index (χ4n) is 3.91. The summed E-state index contributed by atoms with van der Waals surface area (Å²) in [6.45, 7) is 0.663. The van der Waals surface area contributed by atoms with Gasteiger partial charge in [0.05, 0.1) is 12.6 Å². The molecule has 1 fully saturated rings. The summed E-state index contributed by atoms with van der Waals surface area (Å²) in [6, 6.07) is 19.3. The summed E-state index contributed by atoms with van der Waals surface area (Å²) >= 11 is 0. The Balaban J connectivity index is 1.44. The van der Waals surface area contributed by atoms with Gasteiger partial charge in [0.15, 0.2) is 0 Å². The van der Waals surface area contributed by atoms with E-state index in [2.05, 4.69) is 29.2 Å². The number of rotatable bonds is 6. The lowest BCUT2D eigenvalue weighted by molar-refractivity contribution is -0.140. The Morgan fingerprint density at radius 1 is 1.00 bits per heavy atom. The summed E-state index contributed by atoms with van der Waals surface area (Å²) < 4.78 is 5.73. The Morgan fingerprint density at radius 2 is 1.76 bits per heavy atom. The SMILES string of the molecule is O=C(COCc1ccccc1)N(C1CC1)C1CCCc2ccccc21. The number of hydrogen-bond donors (Lipinski definition) is 0. The van der Waals surface area contributed by atoms with Gasteiger partial charge < -0.3 is 9.64 Å². The van der Waals surface area contributed by atoms with Gasteiger partial charge in [-0.3, -0.25) is 4.79 Å². The van der Waals surface area contributed by atoms with Crippen molar-refractivity contribution in [2.75, 3.05) is 6.61 Å². The molecule has 25 heavy (non-hydrogen) atoms. The van der Waals surface area contributed by atoms with Crippen LogP contribution in [0.15, 0.2) is 54.6 Å². The summed E-state index contributed by atoms with van der Waals surface area (Å²) in [7, 11) is 0. The van der Waals surface area contributed by atoms with Gasteiger partial charge in [-0.25, -0.2) is 0 Å². The Bertz CT molecular complexity index is 724. The molecule has 2 aromatic carbocycles. The molecule has 0 bridgehead atoms. The van der Waals surface area contributed by atoms with E-state index >= 15 is 0 Å². The molecule has 0 aromatic heterocycles. The minimum atomic E-state index is 0.139. The number of ether oxygens (including phenoxy) is 1. The molecule has 2 aliphatic carbocycles. The maximum atomic E-state index is 12.9. The number of carbonyl (C=O) groups excluding carboxylic acids is 1. The molecule has 0 N–H and O–H groups in total. The highest BCUT2D eigenvalue weighted by Crippen LogP contribution is 2.40. The van der Waals surface area contributed by atoms with E-state index in [4.69, 9.17) is 4.74 Å². The first-order valence-corrected chi connectivity index (χ1v) is 9.33. The standard InChI is InChI=1S/C22H25NO2/c24-22(16-25-15-17-7-2-1-3-8-17)23(19-13-14-19)21-12-6-10-18-9-4-5-11-20(18)21/h1-5,7-9,11,19,21H,6,10,12-16H2. The largest absolute Gasteiger partial charge is 0.367 e. The average Bonchev–Trinajstić information content (AvgIpc) is 3.48. The monoisotopic (exact) mass is 335 g/mol. The van der Waals surface area contributed by atoms with E-state index in [1.807, 2.05) is 30.3 Å². The molecule has 130 valence electrons. The van der Waals surface area contributed by atoms with Crippen LogP contribution in [-0.2, 0) is 22.6 Å². The van der Waals surface area contributed by atoms with Crippen molar-refractivity contribution in [2.45, 2.75) is 50.8 Å². The second-order valence-electron chi connectivity index (χ2n) is 7.12. The van der Waals surface area contributed by atoms with Crippen molar-refractivity contribution in [3.05, 3.63) is 71.3 Å². The van der Waals surface area contributed by atoms with Gasteiger partial charge in [-0.1, -0.05) is 54.6 Å². The molecule has 3 nitrogen and oxygen atoms in total. The van der Waals surface area contributed by atoms with E-state index in [1.54, 1.807) is 0 Å². The lowest BCUT2D eigenvalue weighted by Gasteiger charge is -2.36. The maximum absolute atomic E-state index is 12.9. The van der Waals surface area contributed by atoms with Crippen molar-refractivity contribution in [3.63, 3.8) is 0 Å². The molecular weight excluding hydrogens is 310 g/mol. The highest BCUT2D eigenvalue weighted by molar-refractivity contribution is 5.78. The number of nitrogens with zero attached hydrogens (tertiary/aromatic N) is 1. The molecular formula is C22H25NO2. The first-order valence-electron chi connectivity index (χ1n) is 9.33. The van der Waals surface area contributed by atoms with Crippen molar-refractivity contribution in [1.82, 2.24) is 4.90 Å². The van der Waals surface area contributed by atoms with Gasteiger partial charge in [-0.05, 0) is 48.8 Å². The summed E-state index contributed by atoms with van der Waals surface area (Å²) in [5.74, 6) is 0.139. The number of fused-ring (bicyclic) bond motifs is 1. The molecule has 3 heteroatoms. The van der Waals surface area contributed by atoms with Gasteiger partial charge in [0, 0.05) is 6.04 Å². The third kappa shape index (κ3) is 3.77. The van der Waals surface area contributed by atoms with Crippen LogP contribution in [0.2, 0.25) is 0 Å². The number of benzene rings is 2. The van der Waals surface area contributed by atoms with Gasteiger partial charge in [0.2, 0.25) is 5.91 Å². The van der Waals surface area contributed by atoms with E-state index < -0.39 is 0 Å². The fraction of sp³-hybridized carbons (Fsp3) is 0.409. The van der Waals surface area contributed by atoms with Crippen LogP contribution in [0.1, 0.15) is 48.4 Å². The third-order valence-corrected chi connectivity index (χ3v) is 5.24. The van der Waals surface area contributed by atoms with Crippen LogP contribution < -0.4 is 0 Å². The van der Waals surface area contributed by atoms with E-state index in [0.29, 0.717) is 12.6 Å². The molecule has 2 aromatic rings. The molecule has 1 atom stereocenters. The fourth-order valence-corrected chi connectivity index (χ4v) is 3.91. The normalized spacial score (nSPS) is 19.3. The predicted octanol–water partition coefficient (Wildman–Crippen LogP) is 4.27. The highest BCUT2D eigenvalue weighted by Gasteiger charge is 2.39. The van der Waals surface area contributed by atoms with Crippen molar-refractivity contribution >= 4 is 5.91 Å². The molecule has 0 heterocycles. The molecule has 1 amide bonds. The van der Waals surface area contributed by atoms with E-state index in [-0.39, 0.29) is 18.6 Å². The first-order chi connectivity index (χ1) is 12.3. The smallest absolute Gasteiger partial charge is 0.249 e. The molecule has 2 aliphatic rings. The Morgan fingerprint density at radius 3 is 2.56 bits per heavy atom. The van der Waals surface area contributed by atoms with Crippen LogP contribution in [0.25, 0.3) is 0 Å². The van der Waals surface area contributed by atoms with Gasteiger partial charge >= 0.3 is 0 Å². The lowest BCUT2D eigenvalue weighted by Crippen LogP contribution is -2.40. The number of hydrogen-bond acceptors (Lipinski definition) is 2. The van der Waals surface area contributed by atoms with Crippen LogP contribution in [0, 0.1) is 0 Å². The molecule has 1 saturated carbocycles. The van der Waals surface area contributed by atoms with Crippen molar-refractivity contribution in [1.29, 1.82) is 0 Å². The van der Waals surface area contributed by atoms with Crippen molar-refractivity contribution < 1.29 is 9.53 Å². The Kier molecular flexibility index (Phi) is 4.84. The van der Waals surface area contributed by atoms with Crippen LogP contribution >= 0.6 is 0 Å². The van der Waals surface area contributed by atoms with Crippen LogP contribution in [0.4, 0.5) is 0 Å². The summed E-state index contributed by atoms with van der Waals surface area (Å²) in [5.41, 5.74) is 3.86. The van der Waals surface area contributed by atoms with E-state index in [9.17, 15) is 4.79 Å². The van der Waals surface area contributed by atoms with Crippen molar-refractivity contribution in [3.8, 4) is 0 Å². The Labute approximate surface area is 149 Å². The van der Waals surface area contributed by atoms with E-state index in [0.717, 1.165) is 37.7 Å². The highest BCUT2D eigenvalue weighted by atomic mass is 16.5. The van der Waals surface area contributed by atoms with Gasteiger partial charge in [-0.2, -0.15) is 0 Å². The number of carbonyl (C=O) groups is 1. The molecule has 1 unspecified atom stereocenters. The average molecular weight is 335 g/mol. The summed E-state index contributed by atoms with van der Waals surface area (Å²) in [4.78, 5) is 15.1. The molecule has 4 rings (SSSR count). The van der Waals surface area contributed by atoms with Gasteiger partial charge in [-0.15, -0.1) is 0 Å². The van der Waals surface area contributed by atoms with Crippen LogP contribution in [-0.4, -0.2) is 23.5 Å². The Hall–Kier alpha value is -2.13. The van der Waals surface area contributed by atoms with Crippen molar-refractivity contribution in [2.24, 2.45) is 0 Å². The molecule has 0 saturated heterocycles. The van der Waals surface area contributed by atoms with Crippen LogP contribution in [0.5, 0.6) is 0 Å². The predicted molar refractivity (Wildman–Crippen MR) is 98.1 cm³/mol. The number of amides is 1. The minimum absolute atomic E-state index is 0.139. The summed E-state index contributed by atoms with van der Waals surface area (Å²) in [6.07, 6.45) is 5.61. The molecule has 0 aliphatic heterocycles. The molecule has 0 spiro atoms. The zero-order valence-electron chi connectivity index (χ0n) is 14.6. The quantitative estimate of drug-likeness (QED) is 0.789. The summed E-state index contributed by atoms with van der Waals surface area (Å²) in [5, 5.41) is 0. The van der Waals surface area contributed by atoms with Crippen LogP contribution in [0.3, 0.4) is 0 Å².